The lowest BCUT2D eigenvalue weighted by Gasteiger charge is -2.40. The molecule has 4 rings (SSSR count). The molecule has 3 nitrogen and oxygen atoms in total. The number of hydrogen-bond acceptors (Lipinski definition) is 3. The molecule has 2 aromatic rings. The molecule has 26 heavy (non-hydrogen) atoms. The van der Waals surface area contributed by atoms with Crippen molar-refractivity contribution in [2.75, 3.05) is 4.90 Å². The van der Waals surface area contributed by atoms with E-state index in [2.05, 4.69) is 0 Å². The predicted octanol–water partition coefficient (Wildman–Crippen LogP) is 6.26. The fourth-order valence-corrected chi connectivity index (χ4v) is 5.74. The molecule has 1 atom stereocenters. The van der Waals surface area contributed by atoms with E-state index in [4.69, 9.17) is 16.3 Å². The van der Waals surface area contributed by atoms with E-state index in [0.29, 0.717) is 5.02 Å². The molecule has 0 bridgehead atoms. The standard InChI is InChI=1S/C21H22ClNO2S/c1-15-20(24)23(21(26-15)13-3-2-4-14-21)17-7-11-19(12-8-17)25-18-9-5-16(22)6-10-18/h5-12,15H,2-4,13-14H2,1H3. The molecule has 2 aromatic carbocycles. The normalized spacial score (nSPS) is 22.0. The first kappa shape index (κ1) is 17.7. The molecule has 2 fully saturated rings. The number of anilines is 1. The lowest BCUT2D eigenvalue weighted by Crippen LogP contribution is -2.46. The molecule has 0 aromatic heterocycles. The van der Waals surface area contributed by atoms with Gasteiger partial charge in [0.15, 0.2) is 0 Å². The second-order valence-corrected chi connectivity index (χ2v) is 9.13. The van der Waals surface area contributed by atoms with Crippen molar-refractivity contribution in [2.45, 2.75) is 49.1 Å². The molecular formula is C21H22ClNO2S. The molecule has 1 saturated carbocycles. The van der Waals surface area contributed by atoms with Crippen LogP contribution in [0, 0.1) is 0 Å². The number of thioether (sulfide) groups is 1. The first-order valence-electron chi connectivity index (χ1n) is 9.13. The van der Waals surface area contributed by atoms with Crippen molar-refractivity contribution in [2.24, 2.45) is 0 Å². The molecule has 1 unspecified atom stereocenters. The van der Waals surface area contributed by atoms with Gasteiger partial charge >= 0.3 is 0 Å². The molecule has 136 valence electrons. The third kappa shape index (κ3) is 3.33. The van der Waals surface area contributed by atoms with Crippen LogP contribution in [0.5, 0.6) is 11.5 Å². The Hall–Kier alpha value is -1.65. The zero-order chi connectivity index (χ0) is 18.1. The van der Waals surface area contributed by atoms with Crippen LogP contribution in [-0.2, 0) is 4.79 Å². The zero-order valence-corrected chi connectivity index (χ0v) is 16.4. The number of ether oxygens (including phenoxy) is 1. The van der Waals surface area contributed by atoms with E-state index >= 15 is 0 Å². The summed E-state index contributed by atoms with van der Waals surface area (Å²) in [5.41, 5.74) is 0.970. The molecule has 0 N–H and O–H groups in total. The number of rotatable bonds is 3. The van der Waals surface area contributed by atoms with Gasteiger partial charge < -0.3 is 4.74 Å². The fraction of sp³-hybridized carbons (Fsp3) is 0.381. The van der Waals surface area contributed by atoms with Crippen LogP contribution in [0.1, 0.15) is 39.0 Å². The molecule has 1 aliphatic carbocycles. The maximum atomic E-state index is 12.8. The SMILES string of the molecule is CC1SC2(CCCCC2)N(c2ccc(Oc3ccc(Cl)cc3)cc2)C1=O. The van der Waals surface area contributed by atoms with E-state index in [1.165, 1.54) is 19.3 Å². The van der Waals surface area contributed by atoms with Crippen molar-refractivity contribution in [3.05, 3.63) is 53.6 Å². The Bertz CT molecular complexity index is 785. The number of carbonyl (C=O) groups is 1. The van der Waals surface area contributed by atoms with E-state index in [9.17, 15) is 4.79 Å². The van der Waals surface area contributed by atoms with Crippen LogP contribution >= 0.6 is 23.4 Å². The van der Waals surface area contributed by atoms with Crippen molar-refractivity contribution < 1.29 is 9.53 Å². The van der Waals surface area contributed by atoms with E-state index in [1.807, 2.05) is 60.0 Å². The first-order valence-corrected chi connectivity index (χ1v) is 10.4. The smallest absolute Gasteiger partial charge is 0.241 e. The number of halogens is 1. The van der Waals surface area contributed by atoms with Gasteiger partial charge in [-0.25, -0.2) is 0 Å². The molecule has 2 aliphatic rings. The van der Waals surface area contributed by atoms with E-state index in [1.54, 1.807) is 12.1 Å². The molecule has 1 aliphatic heterocycles. The Kier molecular flexibility index (Phi) is 4.89. The van der Waals surface area contributed by atoms with Crippen LogP contribution in [0.15, 0.2) is 48.5 Å². The van der Waals surface area contributed by atoms with Crippen LogP contribution in [-0.4, -0.2) is 16.0 Å². The average Bonchev–Trinajstić information content (AvgIpc) is 2.88. The highest BCUT2D eigenvalue weighted by Gasteiger charge is 2.50. The summed E-state index contributed by atoms with van der Waals surface area (Å²) in [7, 11) is 0. The molecule has 1 saturated heterocycles. The Morgan fingerprint density at radius 2 is 1.58 bits per heavy atom. The summed E-state index contributed by atoms with van der Waals surface area (Å²) < 4.78 is 5.87. The van der Waals surface area contributed by atoms with Crippen LogP contribution in [0.4, 0.5) is 5.69 Å². The van der Waals surface area contributed by atoms with E-state index in [-0.39, 0.29) is 16.0 Å². The molecule has 5 heteroatoms. The number of carbonyl (C=O) groups excluding carboxylic acids is 1. The molecular weight excluding hydrogens is 366 g/mol. The number of hydrogen-bond donors (Lipinski definition) is 0. The summed E-state index contributed by atoms with van der Waals surface area (Å²) in [4.78, 5) is 14.8. The maximum absolute atomic E-state index is 12.8. The Labute approximate surface area is 163 Å². The largest absolute Gasteiger partial charge is 0.457 e. The Balaban J connectivity index is 1.57. The lowest BCUT2D eigenvalue weighted by atomic mass is 9.93. The van der Waals surface area contributed by atoms with Crippen molar-refractivity contribution in [3.63, 3.8) is 0 Å². The highest BCUT2D eigenvalue weighted by atomic mass is 35.5. The van der Waals surface area contributed by atoms with Crippen molar-refractivity contribution in [1.29, 1.82) is 0 Å². The predicted molar refractivity (Wildman–Crippen MR) is 108 cm³/mol. The maximum Gasteiger partial charge on any atom is 0.241 e. The summed E-state index contributed by atoms with van der Waals surface area (Å²) in [5, 5.41) is 0.711. The summed E-state index contributed by atoms with van der Waals surface area (Å²) in [5.74, 6) is 1.72. The van der Waals surface area contributed by atoms with Gasteiger partial charge in [-0.3, -0.25) is 9.69 Å². The molecule has 1 heterocycles. The van der Waals surface area contributed by atoms with Gasteiger partial charge in [-0.2, -0.15) is 0 Å². The average molecular weight is 388 g/mol. The van der Waals surface area contributed by atoms with Crippen LogP contribution in [0.2, 0.25) is 5.02 Å². The summed E-state index contributed by atoms with van der Waals surface area (Å²) >= 11 is 7.75. The summed E-state index contributed by atoms with van der Waals surface area (Å²) in [6.45, 7) is 2.03. The third-order valence-corrected chi connectivity index (χ3v) is 6.99. The van der Waals surface area contributed by atoms with E-state index < -0.39 is 0 Å². The van der Waals surface area contributed by atoms with Crippen LogP contribution < -0.4 is 9.64 Å². The number of benzene rings is 2. The highest BCUT2D eigenvalue weighted by molar-refractivity contribution is 8.02. The number of nitrogens with zero attached hydrogens (tertiary/aromatic N) is 1. The van der Waals surface area contributed by atoms with Crippen LogP contribution in [0.3, 0.4) is 0 Å². The lowest BCUT2D eigenvalue weighted by molar-refractivity contribution is -0.117. The van der Waals surface area contributed by atoms with Gasteiger partial charge in [0.25, 0.3) is 0 Å². The van der Waals surface area contributed by atoms with Crippen molar-refractivity contribution in [3.8, 4) is 11.5 Å². The molecule has 1 amide bonds. The van der Waals surface area contributed by atoms with Gasteiger partial charge in [-0.15, -0.1) is 11.8 Å². The Morgan fingerprint density at radius 1 is 1.00 bits per heavy atom. The van der Waals surface area contributed by atoms with Crippen molar-refractivity contribution in [1.82, 2.24) is 0 Å². The van der Waals surface area contributed by atoms with Gasteiger partial charge in [-0.1, -0.05) is 30.9 Å². The van der Waals surface area contributed by atoms with Gasteiger partial charge in [0.1, 0.15) is 11.5 Å². The van der Waals surface area contributed by atoms with Crippen LogP contribution in [0.25, 0.3) is 0 Å². The fourth-order valence-electron chi connectivity index (χ4n) is 3.92. The summed E-state index contributed by atoms with van der Waals surface area (Å²) in [6.07, 6.45) is 5.82. The third-order valence-electron chi connectivity index (χ3n) is 5.15. The minimum absolute atomic E-state index is 0.0260. The quantitative estimate of drug-likeness (QED) is 0.622. The first-order chi connectivity index (χ1) is 12.6. The molecule has 1 spiro atoms. The van der Waals surface area contributed by atoms with Gasteiger partial charge in [0.05, 0.1) is 10.1 Å². The second-order valence-electron chi connectivity index (χ2n) is 6.99. The van der Waals surface area contributed by atoms with Gasteiger partial charge in [0.2, 0.25) is 5.91 Å². The van der Waals surface area contributed by atoms with Gasteiger partial charge in [0, 0.05) is 10.7 Å². The minimum atomic E-state index is -0.0622. The molecule has 0 radical (unpaired) electrons. The van der Waals surface area contributed by atoms with Crippen molar-refractivity contribution >= 4 is 35.0 Å². The highest BCUT2D eigenvalue weighted by Crippen LogP contribution is 2.51. The minimum Gasteiger partial charge on any atom is -0.457 e. The van der Waals surface area contributed by atoms with Gasteiger partial charge in [-0.05, 0) is 68.3 Å². The zero-order valence-electron chi connectivity index (χ0n) is 14.8. The van der Waals surface area contributed by atoms with E-state index in [0.717, 1.165) is 30.0 Å². The second kappa shape index (κ2) is 7.16. The summed E-state index contributed by atoms with van der Waals surface area (Å²) in [6, 6.07) is 15.2. The number of amides is 1. The topological polar surface area (TPSA) is 29.5 Å². The Morgan fingerprint density at radius 3 is 2.19 bits per heavy atom. The monoisotopic (exact) mass is 387 g/mol.